The van der Waals surface area contributed by atoms with E-state index in [0.29, 0.717) is 30.8 Å². The van der Waals surface area contributed by atoms with E-state index >= 15 is 0 Å². The predicted octanol–water partition coefficient (Wildman–Crippen LogP) is 5.99. The lowest BCUT2D eigenvalue weighted by Gasteiger charge is -2.31. The Balaban J connectivity index is 1.84. The molecule has 0 saturated carbocycles. The maximum Gasteiger partial charge on any atom is 0.243 e. The van der Waals surface area contributed by atoms with Crippen LogP contribution in [0, 0.1) is 5.82 Å². The third-order valence-corrected chi connectivity index (χ3v) is 6.96. The van der Waals surface area contributed by atoms with Gasteiger partial charge in [0.1, 0.15) is 11.9 Å². The SMILES string of the molecule is CCCNC(=O)C(Cc1ccccc1)N(Cc1cccc(Br)c1)C(=O)CSCc1ccccc1F. The molecule has 0 aromatic heterocycles. The first kappa shape index (κ1) is 27.0. The van der Waals surface area contributed by atoms with Gasteiger partial charge in [-0.2, -0.15) is 0 Å². The van der Waals surface area contributed by atoms with Crippen LogP contribution in [-0.4, -0.2) is 35.1 Å². The molecule has 1 unspecified atom stereocenters. The summed E-state index contributed by atoms with van der Waals surface area (Å²) in [6.07, 6.45) is 1.22. The molecule has 0 fully saturated rings. The van der Waals surface area contributed by atoms with Gasteiger partial charge in [0.05, 0.1) is 5.75 Å². The van der Waals surface area contributed by atoms with E-state index in [-0.39, 0.29) is 23.4 Å². The van der Waals surface area contributed by atoms with Gasteiger partial charge in [-0.25, -0.2) is 4.39 Å². The average molecular weight is 558 g/mol. The third-order valence-electron chi connectivity index (χ3n) is 5.50. The molecule has 184 valence electrons. The average Bonchev–Trinajstić information content (AvgIpc) is 2.86. The minimum atomic E-state index is -0.663. The summed E-state index contributed by atoms with van der Waals surface area (Å²) >= 11 is 4.85. The Morgan fingerprint density at radius 3 is 2.43 bits per heavy atom. The van der Waals surface area contributed by atoms with Crippen molar-refractivity contribution in [2.45, 2.75) is 38.1 Å². The molecule has 3 rings (SSSR count). The summed E-state index contributed by atoms with van der Waals surface area (Å²) in [5.41, 5.74) is 2.47. The van der Waals surface area contributed by atoms with Crippen molar-refractivity contribution in [1.82, 2.24) is 10.2 Å². The number of nitrogens with one attached hydrogen (secondary N) is 1. The normalized spacial score (nSPS) is 11.6. The largest absolute Gasteiger partial charge is 0.354 e. The molecule has 1 N–H and O–H groups in total. The van der Waals surface area contributed by atoms with E-state index in [1.54, 1.807) is 23.1 Å². The Labute approximate surface area is 219 Å². The molecule has 0 aliphatic heterocycles. The Kier molecular flexibility index (Phi) is 10.8. The second-order valence-corrected chi connectivity index (χ2v) is 10.1. The van der Waals surface area contributed by atoms with E-state index in [2.05, 4.69) is 21.2 Å². The molecule has 0 radical (unpaired) electrons. The van der Waals surface area contributed by atoms with E-state index in [1.165, 1.54) is 17.8 Å². The Hall–Kier alpha value is -2.64. The Bertz CT molecular complexity index is 1110. The van der Waals surface area contributed by atoms with E-state index in [0.717, 1.165) is 22.0 Å². The number of amides is 2. The van der Waals surface area contributed by atoms with Gasteiger partial charge in [0.2, 0.25) is 11.8 Å². The van der Waals surface area contributed by atoms with Gasteiger partial charge in [-0.3, -0.25) is 9.59 Å². The van der Waals surface area contributed by atoms with Crippen LogP contribution in [-0.2, 0) is 28.3 Å². The Morgan fingerprint density at radius 2 is 1.71 bits per heavy atom. The summed E-state index contributed by atoms with van der Waals surface area (Å²) in [6, 6.07) is 23.4. The smallest absolute Gasteiger partial charge is 0.243 e. The van der Waals surface area contributed by atoms with Crippen molar-refractivity contribution in [2.75, 3.05) is 12.3 Å². The number of hydrogen-bond acceptors (Lipinski definition) is 3. The maximum absolute atomic E-state index is 14.0. The third kappa shape index (κ3) is 8.51. The fourth-order valence-corrected chi connectivity index (χ4v) is 5.04. The molecule has 2 amide bonds. The van der Waals surface area contributed by atoms with Crippen LogP contribution in [0.4, 0.5) is 4.39 Å². The van der Waals surface area contributed by atoms with Crippen LogP contribution < -0.4 is 5.32 Å². The fourth-order valence-electron chi connectivity index (χ4n) is 3.70. The van der Waals surface area contributed by atoms with Gasteiger partial charge in [0.25, 0.3) is 0 Å². The zero-order valence-corrected chi connectivity index (χ0v) is 22.2. The summed E-state index contributed by atoms with van der Waals surface area (Å²) in [5.74, 6) is -0.0696. The van der Waals surface area contributed by atoms with Crippen molar-refractivity contribution in [3.63, 3.8) is 0 Å². The zero-order valence-electron chi connectivity index (χ0n) is 19.8. The van der Waals surface area contributed by atoms with E-state index in [1.807, 2.05) is 61.5 Å². The van der Waals surface area contributed by atoms with E-state index in [9.17, 15) is 14.0 Å². The molecule has 1 atom stereocenters. The molecular weight excluding hydrogens is 527 g/mol. The highest BCUT2D eigenvalue weighted by atomic mass is 79.9. The maximum atomic E-state index is 14.0. The van der Waals surface area contributed by atoms with Crippen molar-refractivity contribution < 1.29 is 14.0 Å². The highest BCUT2D eigenvalue weighted by Crippen LogP contribution is 2.21. The molecule has 0 aliphatic rings. The first-order valence-corrected chi connectivity index (χ1v) is 13.6. The van der Waals surface area contributed by atoms with Gasteiger partial charge in [0, 0.05) is 29.7 Å². The molecule has 4 nitrogen and oxygen atoms in total. The van der Waals surface area contributed by atoms with Crippen LogP contribution in [0.5, 0.6) is 0 Å². The molecule has 0 heterocycles. The fraction of sp³-hybridized carbons (Fsp3) is 0.286. The molecule has 0 saturated heterocycles. The molecule has 3 aromatic carbocycles. The standard InChI is InChI=1S/C28H30BrFN2O2S/c1-2-15-31-28(34)26(17-21-9-4-3-5-10-21)32(18-22-11-8-13-24(29)16-22)27(33)20-35-19-23-12-6-7-14-25(23)30/h3-14,16,26H,2,15,17-20H2,1H3,(H,31,34). The van der Waals surface area contributed by atoms with Crippen molar-refractivity contribution in [3.05, 3.63) is 106 Å². The predicted molar refractivity (Wildman–Crippen MR) is 144 cm³/mol. The van der Waals surface area contributed by atoms with Crippen LogP contribution in [0.15, 0.2) is 83.3 Å². The highest BCUT2D eigenvalue weighted by Gasteiger charge is 2.30. The molecular formula is C28H30BrFN2O2S. The number of rotatable bonds is 12. The number of halogens is 2. The van der Waals surface area contributed by atoms with E-state index < -0.39 is 6.04 Å². The monoisotopic (exact) mass is 556 g/mol. The first-order valence-electron chi connectivity index (χ1n) is 11.6. The summed E-state index contributed by atoms with van der Waals surface area (Å²) < 4.78 is 14.9. The van der Waals surface area contributed by atoms with Gasteiger partial charge in [0.15, 0.2) is 0 Å². The first-order chi connectivity index (χ1) is 17.0. The summed E-state index contributed by atoms with van der Waals surface area (Å²) in [5, 5.41) is 2.98. The lowest BCUT2D eigenvalue weighted by Crippen LogP contribution is -2.51. The van der Waals surface area contributed by atoms with Crippen LogP contribution in [0.25, 0.3) is 0 Å². The van der Waals surface area contributed by atoms with Gasteiger partial charge in [-0.1, -0.05) is 83.5 Å². The Morgan fingerprint density at radius 1 is 1.00 bits per heavy atom. The molecule has 3 aromatic rings. The number of benzene rings is 3. The number of carbonyl (C=O) groups excluding carboxylic acids is 2. The lowest BCUT2D eigenvalue weighted by atomic mass is 10.0. The van der Waals surface area contributed by atoms with Crippen molar-refractivity contribution in [1.29, 1.82) is 0 Å². The second kappa shape index (κ2) is 14.0. The minimum absolute atomic E-state index is 0.148. The van der Waals surface area contributed by atoms with Crippen molar-refractivity contribution >= 4 is 39.5 Å². The van der Waals surface area contributed by atoms with Gasteiger partial charge >= 0.3 is 0 Å². The van der Waals surface area contributed by atoms with Gasteiger partial charge in [-0.15, -0.1) is 11.8 Å². The highest BCUT2D eigenvalue weighted by molar-refractivity contribution is 9.10. The number of carbonyl (C=O) groups is 2. The van der Waals surface area contributed by atoms with Crippen molar-refractivity contribution in [3.8, 4) is 0 Å². The van der Waals surface area contributed by atoms with Crippen LogP contribution >= 0.6 is 27.7 Å². The van der Waals surface area contributed by atoms with Crippen LogP contribution in [0.2, 0.25) is 0 Å². The van der Waals surface area contributed by atoms with Crippen LogP contribution in [0.1, 0.15) is 30.0 Å². The van der Waals surface area contributed by atoms with E-state index in [4.69, 9.17) is 0 Å². The number of hydrogen-bond donors (Lipinski definition) is 1. The lowest BCUT2D eigenvalue weighted by molar-refractivity contribution is -0.139. The minimum Gasteiger partial charge on any atom is -0.354 e. The topological polar surface area (TPSA) is 49.4 Å². The second-order valence-electron chi connectivity index (χ2n) is 8.23. The summed E-state index contributed by atoms with van der Waals surface area (Å²) in [7, 11) is 0. The van der Waals surface area contributed by atoms with Crippen molar-refractivity contribution in [2.24, 2.45) is 0 Å². The number of nitrogens with zero attached hydrogens (tertiary/aromatic N) is 1. The molecule has 0 spiro atoms. The molecule has 35 heavy (non-hydrogen) atoms. The quantitative estimate of drug-likeness (QED) is 0.298. The van der Waals surface area contributed by atoms with Crippen LogP contribution in [0.3, 0.4) is 0 Å². The molecule has 0 aliphatic carbocycles. The number of thioether (sulfide) groups is 1. The zero-order chi connectivity index (χ0) is 25.0. The summed E-state index contributed by atoms with van der Waals surface area (Å²) in [4.78, 5) is 28.5. The summed E-state index contributed by atoms with van der Waals surface area (Å²) in [6.45, 7) is 2.84. The van der Waals surface area contributed by atoms with Gasteiger partial charge in [-0.05, 0) is 41.3 Å². The molecule has 7 heteroatoms. The molecule has 0 bridgehead atoms. The van der Waals surface area contributed by atoms with Gasteiger partial charge < -0.3 is 10.2 Å².